The minimum Gasteiger partial charge on any atom is -0.469 e. The number of nitrogens with zero attached hydrogens (tertiary/aromatic N) is 1. The minimum absolute atomic E-state index is 0.00967. The highest BCUT2D eigenvalue weighted by Crippen LogP contribution is 2.59. The molecule has 264 valence electrons. The van der Waals surface area contributed by atoms with Crippen molar-refractivity contribution in [3.8, 4) is 0 Å². The Kier molecular flexibility index (Phi) is 11.6. The second-order valence-corrected chi connectivity index (χ2v) is 21.6. The van der Waals surface area contributed by atoms with E-state index in [9.17, 15) is 18.3 Å². The highest BCUT2D eigenvalue weighted by molar-refractivity contribution is 7.89. The third kappa shape index (κ3) is 7.77. The molecule has 10 heteroatoms. The van der Waals surface area contributed by atoms with Gasteiger partial charge in [-0.05, 0) is 83.1 Å². The molecule has 5 rings (SSSR count). The Morgan fingerprint density at radius 2 is 1.61 bits per heavy atom. The first-order valence-electron chi connectivity index (χ1n) is 17.1. The number of halogens is 1. The molecular formula is C39H50ClNO6SSi. The number of rotatable bonds is 13. The fraction of sp³-hybridized carbons (Fsp3) is 0.462. The van der Waals surface area contributed by atoms with Crippen molar-refractivity contribution < 1.29 is 27.5 Å². The maximum absolute atomic E-state index is 13.8. The van der Waals surface area contributed by atoms with Crippen LogP contribution in [0.3, 0.4) is 0 Å². The van der Waals surface area contributed by atoms with Gasteiger partial charge in [-0.25, -0.2) is 12.7 Å². The van der Waals surface area contributed by atoms with Gasteiger partial charge >= 0.3 is 5.97 Å². The van der Waals surface area contributed by atoms with Crippen LogP contribution in [0.1, 0.15) is 59.3 Å². The summed E-state index contributed by atoms with van der Waals surface area (Å²) in [6.45, 7) is 7.38. The number of allylic oxidation sites excluding steroid dienone is 2. The van der Waals surface area contributed by atoms with Gasteiger partial charge in [0.05, 0.1) is 18.1 Å². The van der Waals surface area contributed by atoms with Crippen molar-refractivity contribution in [1.29, 1.82) is 0 Å². The summed E-state index contributed by atoms with van der Waals surface area (Å²) in [6, 6.07) is 27.2. The van der Waals surface area contributed by atoms with Gasteiger partial charge < -0.3 is 14.3 Å². The Bertz CT molecular complexity index is 1670. The second kappa shape index (κ2) is 15.2. The molecule has 0 aromatic heterocycles. The van der Waals surface area contributed by atoms with Crippen LogP contribution in [0.5, 0.6) is 0 Å². The molecule has 2 aliphatic carbocycles. The smallest absolute Gasteiger partial charge is 0.305 e. The third-order valence-electron chi connectivity index (χ3n) is 10.7. The predicted octanol–water partition coefficient (Wildman–Crippen LogP) is 6.58. The number of carbonyl (C=O) groups is 1. The van der Waals surface area contributed by atoms with Gasteiger partial charge in [0.1, 0.15) is 0 Å². The molecule has 0 heterocycles. The summed E-state index contributed by atoms with van der Waals surface area (Å²) in [5, 5.41) is 14.4. The number of hydrogen-bond acceptors (Lipinski definition) is 6. The summed E-state index contributed by atoms with van der Waals surface area (Å²) in [6.07, 6.45) is 5.25. The number of fused-ring (bicyclic) bond motifs is 1. The molecule has 0 aliphatic heterocycles. The van der Waals surface area contributed by atoms with Gasteiger partial charge in [0.15, 0.2) is 0 Å². The summed E-state index contributed by atoms with van der Waals surface area (Å²) >= 11 is 6.07. The molecule has 0 spiro atoms. The summed E-state index contributed by atoms with van der Waals surface area (Å²) < 4.78 is 41.2. The van der Waals surface area contributed by atoms with E-state index in [-0.39, 0.29) is 34.3 Å². The standard InChI is InChI=1S/C39H50ClNO6SSi/c1-38(2,3)49(32-15-8-6-9-16-32,33-17-10-7-11-18-33)47-27-34-35-24-29(14-12-13-19-37(43)46-5)25-39(35,26-36(34)42)28-41(4)48(44,45)31-22-20-30(40)21-23-31/h6-11,14-18,20-23,34-36,42H,12-13,19,24-28H2,1-5H3/b29-14+/t34-,35-,36-,39+/m1/s1. The zero-order valence-corrected chi connectivity index (χ0v) is 31.8. The van der Waals surface area contributed by atoms with Crippen LogP contribution in [-0.4, -0.2) is 65.5 Å². The average molecular weight is 724 g/mol. The molecule has 0 unspecified atom stereocenters. The molecule has 2 saturated carbocycles. The Hall–Kier alpha value is -2.79. The van der Waals surface area contributed by atoms with Gasteiger partial charge in [0, 0.05) is 37.6 Å². The van der Waals surface area contributed by atoms with Gasteiger partial charge in [-0.3, -0.25) is 4.79 Å². The molecule has 3 aromatic rings. The first-order valence-corrected chi connectivity index (χ1v) is 20.9. The molecule has 3 aromatic carbocycles. The number of hydrogen-bond donors (Lipinski definition) is 1. The number of unbranched alkanes of at least 4 members (excludes halogenated alkanes) is 1. The Labute approximate surface area is 298 Å². The molecule has 2 fully saturated rings. The zero-order chi connectivity index (χ0) is 35.5. The van der Waals surface area contributed by atoms with Crippen molar-refractivity contribution in [2.75, 3.05) is 27.3 Å². The molecule has 0 amide bonds. The topological polar surface area (TPSA) is 93.1 Å². The summed E-state index contributed by atoms with van der Waals surface area (Å²) in [7, 11) is -3.64. The monoisotopic (exact) mass is 723 g/mol. The van der Waals surface area contributed by atoms with Crippen molar-refractivity contribution in [1.82, 2.24) is 4.31 Å². The minimum atomic E-state index is -3.80. The van der Waals surface area contributed by atoms with E-state index in [2.05, 4.69) is 75.4 Å². The molecule has 2 aliphatic rings. The fourth-order valence-electron chi connectivity index (χ4n) is 8.39. The van der Waals surface area contributed by atoms with Gasteiger partial charge in [-0.1, -0.05) is 105 Å². The van der Waals surface area contributed by atoms with Gasteiger partial charge in [-0.2, -0.15) is 0 Å². The Morgan fingerprint density at radius 3 is 2.16 bits per heavy atom. The molecule has 7 nitrogen and oxygen atoms in total. The zero-order valence-electron chi connectivity index (χ0n) is 29.3. The summed E-state index contributed by atoms with van der Waals surface area (Å²) in [4.78, 5) is 11.9. The van der Waals surface area contributed by atoms with Gasteiger partial charge in [0.2, 0.25) is 10.0 Å². The van der Waals surface area contributed by atoms with Crippen LogP contribution < -0.4 is 10.4 Å². The van der Waals surface area contributed by atoms with E-state index in [4.69, 9.17) is 20.8 Å². The molecule has 49 heavy (non-hydrogen) atoms. The maximum atomic E-state index is 13.8. The van der Waals surface area contributed by atoms with Crippen LogP contribution in [0.25, 0.3) is 0 Å². The van der Waals surface area contributed by atoms with Crippen molar-refractivity contribution in [3.05, 3.63) is 102 Å². The third-order valence-corrected chi connectivity index (χ3v) is 17.8. The van der Waals surface area contributed by atoms with Crippen molar-refractivity contribution in [2.24, 2.45) is 17.3 Å². The number of sulfonamides is 1. The summed E-state index contributed by atoms with van der Waals surface area (Å²) in [5.74, 6) is -0.402. The quantitative estimate of drug-likeness (QED) is 0.0927. The predicted molar refractivity (Wildman–Crippen MR) is 198 cm³/mol. The Balaban J connectivity index is 1.48. The number of esters is 1. The number of aliphatic hydroxyl groups excluding tert-OH is 1. The van der Waals surface area contributed by atoms with E-state index >= 15 is 0 Å². The first kappa shape index (κ1) is 37.5. The highest BCUT2D eigenvalue weighted by atomic mass is 35.5. The molecule has 0 saturated heterocycles. The molecule has 4 atom stereocenters. The highest BCUT2D eigenvalue weighted by Gasteiger charge is 2.59. The average Bonchev–Trinajstić information content (AvgIpc) is 3.53. The lowest BCUT2D eigenvalue weighted by molar-refractivity contribution is -0.140. The summed E-state index contributed by atoms with van der Waals surface area (Å²) in [5.41, 5.74) is 0.774. The molecule has 0 radical (unpaired) electrons. The second-order valence-electron chi connectivity index (χ2n) is 14.8. The van der Waals surface area contributed by atoms with Crippen LogP contribution in [0.15, 0.2) is 101 Å². The van der Waals surface area contributed by atoms with Crippen molar-refractivity contribution >= 4 is 46.3 Å². The van der Waals surface area contributed by atoms with E-state index in [1.165, 1.54) is 39.5 Å². The van der Waals surface area contributed by atoms with Crippen LogP contribution in [0.2, 0.25) is 10.1 Å². The van der Waals surface area contributed by atoms with E-state index in [1.807, 2.05) is 12.1 Å². The number of carbonyl (C=O) groups excluding carboxylic acids is 1. The van der Waals surface area contributed by atoms with E-state index in [0.29, 0.717) is 37.3 Å². The normalized spacial score (nSPS) is 23.6. The number of ether oxygens (including phenoxy) is 1. The number of aliphatic hydroxyl groups is 1. The molecule has 1 N–H and O–H groups in total. The van der Waals surface area contributed by atoms with Crippen LogP contribution in [0.4, 0.5) is 0 Å². The first-order chi connectivity index (χ1) is 23.2. The van der Waals surface area contributed by atoms with Crippen LogP contribution >= 0.6 is 11.6 Å². The lowest BCUT2D eigenvalue weighted by Crippen LogP contribution is -2.67. The largest absolute Gasteiger partial charge is 0.469 e. The lowest BCUT2D eigenvalue weighted by atomic mass is 9.78. The van der Waals surface area contributed by atoms with Crippen molar-refractivity contribution in [2.45, 2.75) is 75.3 Å². The maximum Gasteiger partial charge on any atom is 0.305 e. The van der Waals surface area contributed by atoms with Crippen LogP contribution in [-0.2, 0) is 24.0 Å². The van der Waals surface area contributed by atoms with E-state index in [1.54, 1.807) is 19.2 Å². The number of benzene rings is 3. The number of methoxy groups -OCH3 is 1. The van der Waals surface area contributed by atoms with E-state index < -0.39 is 29.9 Å². The van der Waals surface area contributed by atoms with Gasteiger partial charge in [0.25, 0.3) is 8.32 Å². The lowest BCUT2D eigenvalue weighted by Gasteiger charge is -2.44. The fourth-order valence-corrected chi connectivity index (χ4v) is 14.4. The molecule has 0 bridgehead atoms. The molecular weight excluding hydrogens is 674 g/mol. The van der Waals surface area contributed by atoms with E-state index in [0.717, 1.165) is 12.8 Å². The van der Waals surface area contributed by atoms with Crippen LogP contribution in [0, 0.1) is 17.3 Å². The van der Waals surface area contributed by atoms with Crippen molar-refractivity contribution in [3.63, 3.8) is 0 Å². The Morgan fingerprint density at radius 1 is 1.02 bits per heavy atom. The van der Waals surface area contributed by atoms with Gasteiger partial charge in [-0.15, -0.1) is 0 Å². The SMILES string of the molecule is COC(=O)CCC/C=C1\C[C@@H]2[C@@H](CO[Si](c3ccccc3)(c3ccccc3)C(C)(C)C)[C@H](O)C[C@]2(CN(C)S(=O)(=O)c2ccc(Cl)cc2)C1.